The normalized spacial score (nSPS) is 25.0. The van der Waals surface area contributed by atoms with Gasteiger partial charge < -0.3 is 4.74 Å². The number of ether oxygens (including phenoxy) is 1. The predicted molar refractivity (Wildman–Crippen MR) is 79.8 cm³/mol. The zero-order valence-corrected chi connectivity index (χ0v) is 13.1. The van der Waals surface area contributed by atoms with Crippen LogP contribution in [0.25, 0.3) is 0 Å². The van der Waals surface area contributed by atoms with Crippen LogP contribution in [0.1, 0.15) is 72.6 Å². The number of hydrogen-bond donors (Lipinski definition) is 0. The molecule has 0 aromatic carbocycles. The summed E-state index contributed by atoms with van der Waals surface area (Å²) >= 11 is 0. The smallest absolute Gasteiger partial charge is 0.0494 e. The topological polar surface area (TPSA) is 9.23 Å². The molecule has 1 nitrogen and oxygen atoms in total. The standard InChI is InChI=1S/C17H34O/c1-14(2)8-5-6-11-18-13-16-9-7-10-17(12-16)15(3)4/h14-17H,5-13H2,1-4H3. The SMILES string of the molecule is CC(C)CCCCOCC1CCCC(C(C)C)C1. The highest BCUT2D eigenvalue weighted by Crippen LogP contribution is 2.33. The van der Waals surface area contributed by atoms with Gasteiger partial charge in [0.05, 0.1) is 0 Å². The largest absolute Gasteiger partial charge is 0.381 e. The molecule has 1 heteroatoms. The average Bonchev–Trinajstić information content (AvgIpc) is 2.33. The van der Waals surface area contributed by atoms with Gasteiger partial charge in [-0.2, -0.15) is 0 Å². The molecule has 0 heterocycles. The summed E-state index contributed by atoms with van der Waals surface area (Å²) in [4.78, 5) is 0. The molecule has 1 rings (SSSR count). The maximum absolute atomic E-state index is 5.88. The van der Waals surface area contributed by atoms with Crippen LogP contribution >= 0.6 is 0 Å². The van der Waals surface area contributed by atoms with Crippen LogP contribution in [0.4, 0.5) is 0 Å². The zero-order valence-electron chi connectivity index (χ0n) is 13.1. The lowest BCUT2D eigenvalue weighted by Crippen LogP contribution is -2.23. The molecule has 0 aromatic heterocycles. The van der Waals surface area contributed by atoms with Crippen molar-refractivity contribution >= 4 is 0 Å². The Balaban J connectivity index is 2.01. The molecule has 0 aromatic rings. The fourth-order valence-corrected chi connectivity index (χ4v) is 3.10. The van der Waals surface area contributed by atoms with Crippen LogP contribution < -0.4 is 0 Å². The Kier molecular flexibility index (Phi) is 7.97. The lowest BCUT2D eigenvalue weighted by atomic mass is 9.76. The van der Waals surface area contributed by atoms with Crippen LogP contribution in [0.15, 0.2) is 0 Å². The summed E-state index contributed by atoms with van der Waals surface area (Å²) in [7, 11) is 0. The maximum Gasteiger partial charge on any atom is 0.0494 e. The summed E-state index contributed by atoms with van der Waals surface area (Å²) in [5.41, 5.74) is 0. The van der Waals surface area contributed by atoms with Crippen molar-refractivity contribution in [2.45, 2.75) is 72.6 Å². The Morgan fingerprint density at radius 1 is 1.06 bits per heavy atom. The maximum atomic E-state index is 5.88. The van der Waals surface area contributed by atoms with Gasteiger partial charge in [-0.3, -0.25) is 0 Å². The minimum absolute atomic E-state index is 0.843. The molecular weight excluding hydrogens is 220 g/mol. The summed E-state index contributed by atoms with van der Waals surface area (Å²) in [6.07, 6.45) is 9.60. The van der Waals surface area contributed by atoms with Crippen molar-refractivity contribution < 1.29 is 4.74 Å². The van der Waals surface area contributed by atoms with E-state index in [0.29, 0.717) is 0 Å². The van der Waals surface area contributed by atoms with E-state index in [1.165, 1.54) is 44.9 Å². The summed E-state index contributed by atoms with van der Waals surface area (Å²) in [6.45, 7) is 11.4. The first-order chi connectivity index (χ1) is 8.59. The molecule has 1 aliphatic rings. The molecule has 0 radical (unpaired) electrons. The summed E-state index contributed by atoms with van der Waals surface area (Å²) in [5, 5.41) is 0. The fraction of sp³-hybridized carbons (Fsp3) is 1.00. The van der Waals surface area contributed by atoms with E-state index >= 15 is 0 Å². The van der Waals surface area contributed by atoms with Crippen LogP contribution in [0, 0.1) is 23.7 Å². The van der Waals surface area contributed by atoms with Crippen LogP contribution in [-0.4, -0.2) is 13.2 Å². The molecule has 0 N–H and O–H groups in total. The lowest BCUT2D eigenvalue weighted by molar-refractivity contribution is 0.0654. The Morgan fingerprint density at radius 3 is 2.50 bits per heavy atom. The van der Waals surface area contributed by atoms with Crippen LogP contribution in [-0.2, 0) is 4.74 Å². The second kappa shape index (κ2) is 8.96. The van der Waals surface area contributed by atoms with Gasteiger partial charge in [-0.25, -0.2) is 0 Å². The fourth-order valence-electron chi connectivity index (χ4n) is 3.10. The minimum Gasteiger partial charge on any atom is -0.381 e. The van der Waals surface area contributed by atoms with E-state index < -0.39 is 0 Å². The third-order valence-corrected chi connectivity index (χ3v) is 4.44. The first kappa shape index (κ1) is 16.0. The molecular formula is C17H34O. The van der Waals surface area contributed by atoms with Gasteiger partial charge in [-0.15, -0.1) is 0 Å². The molecule has 0 aliphatic heterocycles. The molecule has 1 fully saturated rings. The van der Waals surface area contributed by atoms with Crippen molar-refractivity contribution in [3.63, 3.8) is 0 Å². The zero-order chi connectivity index (χ0) is 13.4. The highest BCUT2D eigenvalue weighted by atomic mass is 16.5. The lowest BCUT2D eigenvalue weighted by Gasteiger charge is -2.31. The van der Waals surface area contributed by atoms with Gasteiger partial charge in [-0.1, -0.05) is 53.4 Å². The van der Waals surface area contributed by atoms with Gasteiger partial charge in [0.1, 0.15) is 0 Å². The molecule has 0 bridgehead atoms. The second-order valence-corrected chi connectivity index (χ2v) is 7.00. The van der Waals surface area contributed by atoms with Gasteiger partial charge in [0.2, 0.25) is 0 Å². The second-order valence-electron chi connectivity index (χ2n) is 7.00. The van der Waals surface area contributed by atoms with E-state index in [2.05, 4.69) is 27.7 Å². The van der Waals surface area contributed by atoms with Crippen molar-refractivity contribution in [2.75, 3.05) is 13.2 Å². The van der Waals surface area contributed by atoms with Crippen molar-refractivity contribution in [1.82, 2.24) is 0 Å². The quantitative estimate of drug-likeness (QED) is 0.535. The summed E-state index contributed by atoms with van der Waals surface area (Å²) < 4.78 is 5.88. The van der Waals surface area contributed by atoms with Gasteiger partial charge in [0.15, 0.2) is 0 Å². The molecule has 2 atom stereocenters. The molecule has 1 saturated carbocycles. The molecule has 0 saturated heterocycles. The molecule has 0 spiro atoms. The summed E-state index contributed by atoms with van der Waals surface area (Å²) in [6, 6.07) is 0. The first-order valence-corrected chi connectivity index (χ1v) is 8.17. The molecule has 0 amide bonds. The van der Waals surface area contributed by atoms with Gasteiger partial charge in [-0.05, 0) is 42.9 Å². The van der Waals surface area contributed by atoms with E-state index in [0.717, 1.165) is 36.9 Å². The van der Waals surface area contributed by atoms with Crippen LogP contribution in [0.5, 0.6) is 0 Å². The van der Waals surface area contributed by atoms with Crippen molar-refractivity contribution in [3.8, 4) is 0 Å². The average molecular weight is 254 g/mol. The molecule has 2 unspecified atom stereocenters. The Labute approximate surface area is 115 Å². The minimum atomic E-state index is 0.843. The Bertz CT molecular complexity index is 198. The van der Waals surface area contributed by atoms with Gasteiger partial charge >= 0.3 is 0 Å². The highest BCUT2D eigenvalue weighted by molar-refractivity contribution is 4.74. The Morgan fingerprint density at radius 2 is 1.83 bits per heavy atom. The van der Waals surface area contributed by atoms with E-state index in [1.54, 1.807) is 0 Å². The van der Waals surface area contributed by atoms with E-state index in [-0.39, 0.29) is 0 Å². The van der Waals surface area contributed by atoms with Gasteiger partial charge in [0.25, 0.3) is 0 Å². The van der Waals surface area contributed by atoms with E-state index in [4.69, 9.17) is 4.74 Å². The molecule has 18 heavy (non-hydrogen) atoms. The summed E-state index contributed by atoms with van der Waals surface area (Å²) in [5.74, 6) is 3.50. The highest BCUT2D eigenvalue weighted by Gasteiger charge is 2.23. The van der Waals surface area contributed by atoms with Crippen LogP contribution in [0.2, 0.25) is 0 Å². The van der Waals surface area contributed by atoms with E-state index in [1.807, 2.05) is 0 Å². The molecule has 1 aliphatic carbocycles. The third kappa shape index (κ3) is 6.78. The first-order valence-electron chi connectivity index (χ1n) is 8.17. The number of hydrogen-bond acceptors (Lipinski definition) is 1. The third-order valence-electron chi connectivity index (χ3n) is 4.44. The number of unbranched alkanes of at least 4 members (excludes halogenated alkanes) is 1. The predicted octanol–water partition coefficient (Wildman–Crippen LogP) is 5.29. The number of rotatable bonds is 8. The van der Waals surface area contributed by atoms with Crippen LogP contribution in [0.3, 0.4) is 0 Å². The monoisotopic (exact) mass is 254 g/mol. The van der Waals surface area contributed by atoms with Gasteiger partial charge in [0, 0.05) is 13.2 Å². The van der Waals surface area contributed by atoms with Crippen molar-refractivity contribution in [3.05, 3.63) is 0 Å². The Hall–Kier alpha value is -0.0400. The van der Waals surface area contributed by atoms with Crippen molar-refractivity contribution in [1.29, 1.82) is 0 Å². The van der Waals surface area contributed by atoms with E-state index in [9.17, 15) is 0 Å². The van der Waals surface area contributed by atoms with Crippen molar-refractivity contribution in [2.24, 2.45) is 23.7 Å². The molecule has 108 valence electrons.